The summed E-state index contributed by atoms with van der Waals surface area (Å²) in [4.78, 5) is 22.6. The smallest absolute Gasteiger partial charge is 0.269 e. The third kappa shape index (κ3) is 3.56. The van der Waals surface area contributed by atoms with Crippen LogP contribution in [0.4, 0.5) is 5.69 Å². The number of rotatable bonds is 5. The zero-order chi connectivity index (χ0) is 17.1. The lowest BCUT2D eigenvalue weighted by molar-refractivity contribution is -0.384. The van der Waals surface area contributed by atoms with Gasteiger partial charge in [0.25, 0.3) is 5.69 Å². The van der Waals surface area contributed by atoms with Crippen LogP contribution in [-0.2, 0) is 0 Å². The number of nitro groups is 1. The van der Waals surface area contributed by atoms with Crippen molar-refractivity contribution < 1.29 is 14.5 Å². The largest absolute Gasteiger partial charge is 0.485 e. The Kier molecular flexibility index (Phi) is 4.79. The van der Waals surface area contributed by atoms with Gasteiger partial charge in [0.15, 0.2) is 6.61 Å². The third-order valence-electron chi connectivity index (χ3n) is 4.06. The average molecular weight is 313 g/mol. The third-order valence-corrected chi connectivity index (χ3v) is 4.06. The van der Waals surface area contributed by atoms with Gasteiger partial charge in [-0.1, -0.05) is 6.07 Å². The average Bonchev–Trinajstić information content (AvgIpc) is 2.51. The minimum atomic E-state index is -0.475. The Labute approximate surface area is 135 Å². The summed E-state index contributed by atoms with van der Waals surface area (Å²) in [6.45, 7) is 7.73. The minimum absolute atomic E-state index is 0.00956. The van der Waals surface area contributed by atoms with Crippen LogP contribution in [0.5, 0.6) is 5.75 Å². The van der Waals surface area contributed by atoms with Gasteiger partial charge in [-0.25, -0.2) is 0 Å². The molecule has 5 nitrogen and oxygen atoms in total. The highest BCUT2D eigenvalue weighted by atomic mass is 16.6. The molecule has 0 bridgehead atoms. The Morgan fingerprint density at radius 1 is 1.04 bits per heavy atom. The van der Waals surface area contributed by atoms with E-state index in [1.165, 1.54) is 24.3 Å². The van der Waals surface area contributed by atoms with Crippen LogP contribution < -0.4 is 4.74 Å². The van der Waals surface area contributed by atoms with Gasteiger partial charge < -0.3 is 4.74 Å². The number of nitro benzene ring substituents is 1. The monoisotopic (exact) mass is 313 g/mol. The Morgan fingerprint density at radius 2 is 1.57 bits per heavy atom. The van der Waals surface area contributed by atoms with Crippen molar-refractivity contribution in [3.8, 4) is 5.75 Å². The molecule has 0 aromatic heterocycles. The van der Waals surface area contributed by atoms with Crippen LogP contribution in [0, 0.1) is 37.8 Å². The molecule has 0 radical (unpaired) electrons. The molecule has 0 spiro atoms. The highest BCUT2D eigenvalue weighted by Crippen LogP contribution is 2.23. The van der Waals surface area contributed by atoms with E-state index in [2.05, 4.69) is 6.07 Å². The van der Waals surface area contributed by atoms with E-state index in [1.807, 2.05) is 27.7 Å². The number of Topliss-reactive ketones (excluding diaryl/α,β-unsaturated/α-hetero) is 1. The number of hydrogen-bond donors (Lipinski definition) is 0. The summed E-state index contributed by atoms with van der Waals surface area (Å²) in [5.41, 5.74) is 4.77. The quantitative estimate of drug-likeness (QED) is 0.473. The molecule has 0 aliphatic carbocycles. The number of hydrogen-bond acceptors (Lipinski definition) is 4. The van der Waals surface area contributed by atoms with Gasteiger partial charge in [0, 0.05) is 17.7 Å². The van der Waals surface area contributed by atoms with Crippen molar-refractivity contribution in [2.45, 2.75) is 27.7 Å². The lowest BCUT2D eigenvalue weighted by Crippen LogP contribution is -2.15. The first-order chi connectivity index (χ1) is 10.8. The highest BCUT2D eigenvalue weighted by Gasteiger charge is 2.16. The first kappa shape index (κ1) is 16.7. The molecule has 0 aliphatic heterocycles. The van der Waals surface area contributed by atoms with Crippen LogP contribution in [0.2, 0.25) is 0 Å². The Balaban J connectivity index is 2.16. The van der Waals surface area contributed by atoms with Gasteiger partial charge in [0.1, 0.15) is 5.75 Å². The van der Waals surface area contributed by atoms with Gasteiger partial charge in [-0.2, -0.15) is 0 Å². The zero-order valence-corrected chi connectivity index (χ0v) is 13.7. The molecule has 0 saturated heterocycles. The summed E-state index contributed by atoms with van der Waals surface area (Å²) in [5.74, 6) is 0.341. The van der Waals surface area contributed by atoms with Crippen molar-refractivity contribution in [1.29, 1.82) is 0 Å². The number of nitrogens with zero attached hydrogens (tertiary/aromatic N) is 1. The molecule has 0 atom stereocenters. The van der Waals surface area contributed by atoms with Gasteiger partial charge in [0.05, 0.1) is 4.92 Å². The first-order valence-corrected chi connectivity index (χ1v) is 7.29. The van der Waals surface area contributed by atoms with Crippen LogP contribution >= 0.6 is 0 Å². The maximum atomic E-state index is 12.5. The first-order valence-electron chi connectivity index (χ1n) is 7.29. The molecule has 0 N–H and O–H groups in total. The van der Waals surface area contributed by atoms with Crippen LogP contribution in [-0.4, -0.2) is 17.3 Å². The molecule has 0 aliphatic rings. The van der Waals surface area contributed by atoms with Crippen molar-refractivity contribution in [1.82, 2.24) is 0 Å². The molecule has 5 heteroatoms. The van der Waals surface area contributed by atoms with Gasteiger partial charge in [-0.05, 0) is 62.1 Å². The molecule has 2 aromatic rings. The number of ketones is 1. The fraction of sp³-hybridized carbons (Fsp3) is 0.278. The number of aryl methyl sites for hydroxylation is 2. The van der Waals surface area contributed by atoms with Crippen LogP contribution in [0.25, 0.3) is 0 Å². The van der Waals surface area contributed by atoms with E-state index in [0.29, 0.717) is 11.3 Å². The summed E-state index contributed by atoms with van der Waals surface area (Å²) in [6.07, 6.45) is 0. The summed E-state index contributed by atoms with van der Waals surface area (Å²) in [5, 5.41) is 10.6. The van der Waals surface area contributed by atoms with Crippen molar-refractivity contribution >= 4 is 11.5 Å². The van der Waals surface area contributed by atoms with Gasteiger partial charge in [-0.15, -0.1) is 0 Å². The van der Waals surface area contributed by atoms with Crippen molar-refractivity contribution in [2.24, 2.45) is 0 Å². The van der Waals surface area contributed by atoms with E-state index in [4.69, 9.17) is 4.74 Å². The maximum Gasteiger partial charge on any atom is 0.269 e. The Morgan fingerprint density at radius 3 is 2.04 bits per heavy atom. The number of benzene rings is 2. The predicted octanol–water partition coefficient (Wildman–Crippen LogP) is 4.09. The fourth-order valence-corrected chi connectivity index (χ4v) is 2.52. The van der Waals surface area contributed by atoms with Gasteiger partial charge in [0.2, 0.25) is 5.78 Å². The molecule has 0 fully saturated rings. The molecular weight excluding hydrogens is 294 g/mol. The van der Waals surface area contributed by atoms with Crippen LogP contribution in [0.15, 0.2) is 30.3 Å². The van der Waals surface area contributed by atoms with E-state index in [-0.39, 0.29) is 18.1 Å². The topological polar surface area (TPSA) is 69.4 Å². The number of carbonyl (C=O) groups is 1. The molecular formula is C18H19NO4. The highest BCUT2D eigenvalue weighted by molar-refractivity contribution is 6.00. The van der Waals surface area contributed by atoms with Crippen molar-refractivity contribution in [2.75, 3.05) is 6.61 Å². The second-order valence-corrected chi connectivity index (χ2v) is 5.60. The summed E-state index contributed by atoms with van der Waals surface area (Å²) < 4.78 is 5.47. The minimum Gasteiger partial charge on any atom is -0.485 e. The Hall–Kier alpha value is -2.69. The van der Waals surface area contributed by atoms with Crippen molar-refractivity contribution in [3.63, 3.8) is 0 Å². The van der Waals surface area contributed by atoms with E-state index in [9.17, 15) is 14.9 Å². The van der Waals surface area contributed by atoms with Gasteiger partial charge in [-0.3, -0.25) is 14.9 Å². The van der Waals surface area contributed by atoms with Crippen LogP contribution in [0.3, 0.4) is 0 Å². The van der Waals surface area contributed by atoms with E-state index < -0.39 is 4.92 Å². The maximum absolute atomic E-state index is 12.5. The zero-order valence-electron chi connectivity index (χ0n) is 13.7. The van der Waals surface area contributed by atoms with Crippen molar-refractivity contribution in [3.05, 3.63) is 68.3 Å². The summed E-state index contributed by atoms with van der Waals surface area (Å²) in [7, 11) is 0. The lowest BCUT2D eigenvalue weighted by atomic mass is 9.92. The van der Waals surface area contributed by atoms with Crippen LogP contribution in [0.1, 0.15) is 32.6 Å². The van der Waals surface area contributed by atoms with E-state index >= 15 is 0 Å². The number of carbonyl (C=O) groups excluding carboxylic acids is 1. The molecule has 120 valence electrons. The molecule has 2 aromatic carbocycles. The SMILES string of the molecule is Cc1cc(C)c(C)c(C(=O)COc2ccc([N+](=O)[O-])cc2)c1C. The standard InChI is InChI=1S/C18H19NO4/c1-11-9-12(2)14(4)18(13(11)3)17(20)10-23-16-7-5-15(6-8-16)19(21)22/h5-9H,10H2,1-4H3. The molecule has 2 rings (SSSR count). The molecule has 0 heterocycles. The number of ether oxygens (including phenoxy) is 1. The summed E-state index contributed by atoms with van der Waals surface area (Å²) >= 11 is 0. The van der Waals surface area contributed by atoms with E-state index in [0.717, 1.165) is 22.3 Å². The molecule has 23 heavy (non-hydrogen) atoms. The molecule has 0 unspecified atom stereocenters. The fourth-order valence-electron chi connectivity index (χ4n) is 2.52. The second-order valence-electron chi connectivity index (χ2n) is 5.60. The lowest BCUT2D eigenvalue weighted by Gasteiger charge is -2.14. The van der Waals surface area contributed by atoms with E-state index in [1.54, 1.807) is 0 Å². The normalized spacial score (nSPS) is 10.4. The second kappa shape index (κ2) is 6.60. The Bertz CT molecular complexity index is 737. The number of non-ortho nitro benzene ring substituents is 1. The van der Waals surface area contributed by atoms with Gasteiger partial charge >= 0.3 is 0 Å². The summed E-state index contributed by atoms with van der Waals surface area (Å²) in [6, 6.07) is 7.76. The molecule has 0 amide bonds. The molecule has 0 saturated carbocycles. The predicted molar refractivity (Wildman–Crippen MR) is 88.3 cm³/mol.